The van der Waals surface area contributed by atoms with Gasteiger partial charge in [-0.25, -0.2) is 9.38 Å². The molecular formula is C16H9ClN2OS. The van der Waals surface area contributed by atoms with Crippen molar-refractivity contribution in [3.63, 3.8) is 0 Å². The topological polar surface area (TPSA) is 34.4 Å². The lowest BCUT2D eigenvalue weighted by Gasteiger charge is -1.92. The highest BCUT2D eigenvalue weighted by Crippen LogP contribution is 2.16. The Hall–Kier alpha value is -2.17. The standard InChI is InChI=1S/C16H9ClN2OS/c17-11-5-3-4-10(8-11)9-14-15(20)19-13-7-2-1-6-12(13)18-16(19)21-14/h1-9H/b14-9+. The molecule has 0 aliphatic heterocycles. The second kappa shape index (κ2) is 4.69. The van der Waals surface area contributed by atoms with Gasteiger partial charge in [0.2, 0.25) is 0 Å². The molecule has 0 atom stereocenters. The molecule has 3 nitrogen and oxygen atoms in total. The van der Waals surface area contributed by atoms with Crippen LogP contribution in [0.3, 0.4) is 0 Å². The molecule has 5 heteroatoms. The molecule has 4 aromatic rings. The Morgan fingerprint density at radius 2 is 2.00 bits per heavy atom. The van der Waals surface area contributed by atoms with Gasteiger partial charge >= 0.3 is 0 Å². The average Bonchev–Trinajstić information content (AvgIpc) is 2.97. The minimum Gasteiger partial charge on any atom is -0.267 e. The van der Waals surface area contributed by atoms with Crippen molar-refractivity contribution >= 4 is 45.0 Å². The number of fused-ring (bicyclic) bond motifs is 3. The smallest absolute Gasteiger partial charge is 0.267 e. The number of benzene rings is 2. The van der Waals surface area contributed by atoms with Crippen molar-refractivity contribution in [1.29, 1.82) is 0 Å². The Balaban J connectivity index is 2.03. The van der Waals surface area contributed by atoms with Crippen molar-refractivity contribution in [2.75, 3.05) is 0 Å². The molecule has 0 N–H and O–H groups in total. The molecule has 0 bridgehead atoms. The number of hydrogen-bond acceptors (Lipinski definition) is 3. The number of halogens is 1. The predicted molar refractivity (Wildman–Crippen MR) is 87.1 cm³/mol. The molecule has 0 aliphatic rings. The van der Waals surface area contributed by atoms with Crippen molar-refractivity contribution in [2.24, 2.45) is 0 Å². The predicted octanol–water partition coefficient (Wildman–Crippen LogP) is 3.11. The summed E-state index contributed by atoms with van der Waals surface area (Å²) in [5.41, 5.74) is 2.56. The third-order valence-electron chi connectivity index (χ3n) is 3.29. The summed E-state index contributed by atoms with van der Waals surface area (Å²) in [6, 6.07) is 15.1. The first-order valence-electron chi connectivity index (χ1n) is 6.40. The zero-order valence-electron chi connectivity index (χ0n) is 10.8. The van der Waals surface area contributed by atoms with Crippen LogP contribution in [0.2, 0.25) is 5.02 Å². The van der Waals surface area contributed by atoms with E-state index in [1.54, 1.807) is 4.40 Å². The lowest BCUT2D eigenvalue weighted by Crippen LogP contribution is -2.22. The van der Waals surface area contributed by atoms with Crippen LogP contribution in [0.25, 0.3) is 22.1 Å². The first-order chi connectivity index (χ1) is 10.2. The van der Waals surface area contributed by atoms with Crippen molar-refractivity contribution in [3.05, 3.63) is 74.0 Å². The van der Waals surface area contributed by atoms with E-state index < -0.39 is 0 Å². The number of rotatable bonds is 1. The van der Waals surface area contributed by atoms with Crippen LogP contribution >= 0.6 is 22.9 Å². The van der Waals surface area contributed by atoms with E-state index in [0.29, 0.717) is 9.55 Å². The van der Waals surface area contributed by atoms with Gasteiger partial charge in [-0.1, -0.05) is 47.2 Å². The lowest BCUT2D eigenvalue weighted by atomic mass is 10.2. The van der Waals surface area contributed by atoms with Gasteiger partial charge in [0.15, 0.2) is 4.96 Å². The maximum atomic E-state index is 12.6. The fourth-order valence-corrected chi connectivity index (χ4v) is 3.55. The highest BCUT2D eigenvalue weighted by atomic mass is 35.5. The molecule has 0 radical (unpaired) electrons. The summed E-state index contributed by atoms with van der Waals surface area (Å²) in [6.07, 6.45) is 1.85. The number of thiazole rings is 1. The first-order valence-corrected chi connectivity index (χ1v) is 7.59. The van der Waals surface area contributed by atoms with Crippen LogP contribution in [0, 0.1) is 0 Å². The SMILES string of the molecule is O=c1/c(=C\c2cccc(Cl)c2)sc2nc3ccccc3n12. The van der Waals surface area contributed by atoms with Crippen LogP contribution in [0.4, 0.5) is 0 Å². The minimum atomic E-state index is -0.0383. The molecule has 2 heterocycles. The molecule has 2 aromatic carbocycles. The monoisotopic (exact) mass is 312 g/mol. The number of para-hydroxylation sites is 2. The number of hydrogen-bond donors (Lipinski definition) is 0. The normalized spacial score (nSPS) is 12.5. The maximum absolute atomic E-state index is 12.6. The van der Waals surface area contributed by atoms with E-state index in [2.05, 4.69) is 4.98 Å². The maximum Gasteiger partial charge on any atom is 0.274 e. The molecule has 21 heavy (non-hydrogen) atoms. The lowest BCUT2D eigenvalue weighted by molar-refractivity contribution is 1.19. The van der Waals surface area contributed by atoms with Crippen LogP contribution in [0.15, 0.2) is 53.3 Å². The summed E-state index contributed by atoms with van der Waals surface area (Å²) in [6.45, 7) is 0. The van der Waals surface area contributed by atoms with E-state index in [0.717, 1.165) is 21.6 Å². The van der Waals surface area contributed by atoms with Crippen molar-refractivity contribution < 1.29 is 0 Å². The van der Waals surface area contributed by atoms with Crippen molar-refractivity contribution in [1.82, 2.24) is 9.38 Å². The third kappa shape index (κ3) is 2.04. The molecule has 0 spiro atoms. The van der Waals surface area contributed by atoms with Crippen LogP contribution in [0.1, 0.15) is 5.56 Å². The molecule has 0 amide bonds. The molecule has 2 aromatic heterocycles. The molecular weight excluding hydrogens is 304 g/mol. The minimum absolute atomic E-state index is 0.0383. The summed E-state index contributed by atoms with van der Waals surface area (Å²) in [5.74, 6) is 0. The van der Waals surface area contributed by atoms with E-state index in [1.807, 2.05) is 54.6 Å². The van der Waals surface area contributed by atoms with Gasteiger partial charge in [-0.2, -0.15) is 0 Å². The number of nitrogens with zero attached hydrogens (tertiary/aromatic N) is 2. The Bertz CT molecular complexity index is 1080. The molecule has 0 saturated carbocycles. The summed E-state index contributed by atoms with van der Waals surface area (Å²) in [7, 11) is 0. The second-order valence-electron chi connectivity index (χ2n) is 4.69. The molecule has 4 rings (SSSR count). The highest BCUT2D eigenvalue weighted by Gasteiger charge is 2.10. The molecule has 0 fully saturated rings. The van der Waals surface area contributed by atoms with E-state index >= 15 is 0 Å². The Morgan fingerprint density at radius 1 is 1.14 bits per heavy atom. The Kier molecular flexibility index (Phi) is 2.80. The zero-order valence-corrected chi connectivity index (χ0v) is 12.4. The highest BCUT2D eigenvalue weighted by molar-refractivity contribution is 7.15. The molecule has 102 valence electrons. The fourth-order valence-electron chi connectivity index (χ4n) is 2.36. The molecule has 0 unspecified atom stereocenters. The van der Waals surface area contributed by atoms with Gasteiger partial charge in [-0.05, 0) is 35.9 Å². The summed E-state index contributed by atoms with van der Waals surface area (Å²) >= 11 is 7.37. The zero-order chi connectivity index (χ0) is 14.4. The summed E-state index contributed by atoms with van der Waals surface area (Å²) < 4.78 is 2.32. The van der Waals surface area contributed by atoms with Gasteiger partial charge in [-0.15, -0.1) is 0 Å². The number of imidazole rings is 1. The second-order valence-corrected chi connectivity index (χ2v) is 6.13. The molecule has 0 aliphatic carbocycles. The Labute approximate surface area is 128 Å². The van der Waals surface area contributed by atoms with Gasteiger partial charge in [0, 0.05) is 5.02 Å². The van der Waals surface area contributed by atoms with E-state index in [-0.39, 0.29) is 5.56 Å². The largest absolute Gasteiger partial charge is 0.274 e. The van der Waals surface area contributed by atoms with Gasteiger partial charge in [0.1, 0.15) is 0 Å². The van der Waals surface area contributed by atoms with E-state index in [1.165, 1.54) is 11.3 Å². The van der Waals surface area contributed by atoms with Crippen LogP contribution in [-0.2, 0) is 0 Å². The third-order valence-corrected chi connectivity index (χ3v) is 4.50. The Morgan fingerprint density at radius 3 is 2.86 bits per heavy atom. The summed E-state index contributed by atoms with van der Waals surface area (Å²) in [4.78, 5) is 17.8. The first kappa shape index (κ1) is 12.6. The van der Waals surface area contributed by atoms with E-state index in [4.69, 9.17) is 11.6 Å². The quantitative estimate of drug-likeness (QED) is 0.541. The van der Waals surface area contributed by atoms with Crippen LogP contribution < -0.4 is 10.1 Å². The van der Waals surface area contributed by atoms with E-state index in [9.17, 15) is 4.79 Å². The van der Waals surface area contributed by atoms with Gasteiger partial charge < -0.3 is 0 Å². The fraction of sp³-hybridized carbons (Fsp3) is 0. The van der Waals surface area contributed by atoms with Crippen molar-refractivity contribution in [3.8, 4) is 0 Å². The average molecular weight is 313 g/mol. The number of aromatic nitrogens is 2. The van der Waals surface area contributed by atoms with Gasteiger partial charge in [-0.3, -0.25) is 4.79 Å². The van der Waals surface area contributed by atoms with Crippen LogP contribution in [-0.4, -0.2) is 9.38 Å². The van der Waals surface area contributed by atoms with Gasteiger partial charge in [0.25, 0.3) is 5.56 Å². The van der Waals surface area contributed by atoms with Crippen LogP contribution in [0.5, 0.6) is 0 Å². The molecule has 0 saturated heterocycles. The summed E-state index contributed by atoms with van der Waals surface area (Å²) in [5, 5.41) is 0.656. The van der Waals surface area contributed by atoms with Gasteiger partial charge in [0.05, 0.1) is 15.6 Å². The van der Waals surface area contributed by atoms with Crippen molar-refractivity contribution in [2.45, 2.75) is 0 Å².